The number of carbonyl (C=O) groups excluding carboxylic acids is 1. The molecule has 17 heavy (non-hydrogen) atoms. The Kier molecular flexibility index (Phi) is 4.07. The average Bonchev–Trinajstić information content (AvgIpc) is 2.27. The maximum Gasteiger partial charge on any atom is 0.271 e. The molecule has 1 aromatic carbocycles. The number of benzene rings is 1. The van der Waals surface area contributed by atoms with Crippen LogP contribution in [0.1, 0.15) is 17.3 Å². The number of nitro groups is 1. The van der Waals surface area contributed by atoms with E-state index in [1.807, 2.05) is 0 Å². The second-order valence-electron chi connectivity index (χ2n) is 3.32. The molecule has 0 aliphatic heterocycles. The van der Waals surface area contributed by atoms with Gasteiger partial charge in [-0.2, -0.15) is 0 Å². The Morgan fingerprint density at radius 3 is 2.76 bits per heavy atom. The predicted molar refractivity (Wildman–Crippen MR) is 63.9 cm³/mol. The van der Waals surface area contributed by atoms with Gasteiger partial charge in [-0.15, -0.1) is 6.42 Å². The summed E-state index contributed by atoms with van der Waals surface area (Å²) in [5, 5.41) is 13.2. The Morgan fingerprint density at radius 2 is 2.24 bits per heavy atom. The molecule has 1 amide bonds. The summed E-state index contributed by atoms with van der Waals surface area (Å²) in [7, 11) is 0. The van der Waals surface area contributed by atoms with E-state index in [1.165, 1.54) is 12.1 Å². The van der Waals surface area contributed by atoms with Gasteiger partial charge < -0.3 is 5.32 Å². The molecule has 1 N–H and O–H groups in total. The van der Waals surface area contributed by atoms with Crippen LogP contribution in [-0.2, 0) is 0 Å². The van der Waals surface area contributed by atoms with Crippen molar-refractivity contribution in [1.82, 2.24) is 5.32 Å². The Hall–Kier alpha value is -2.06. The van der Waals surface area contributed by atoms with Crippen LogP contribution in [0.4, 0.5) is 5.69 Å². The van der Waals surface area contributed by atoms with Gasteiger partial charge in [0.1, 0.15) is 0 Å². The molecule has 5 nitrogen and oxygen atoms in total. The minimum absolute atomic E-state index is 0.103. The monoisotopic (exact) mass is 252 g/mol. The van der Waals surface area contributed by atoms with Crippen molar-refractivity contribution >= 4 is 23.2 Å². The molecule has 0 saturated carbocycles. The number of hydrogen-bond donors (Lipinski definition) is 1. The minimum atomic E-state index is -0.618. The second-order valence-corrected chi connectivity index (χ2v) is 3.75. The summed E-state index contributed by atoms with van der Waals surface area (Å²) in [6, 6.07) is 3.20. The zero-order valence-electron chi connectivity index (χ0n) is 8.94. The molecule has 0 radical (unpaired) electrons. The zero-order valence-corrected chi connectivity index (χ0v) is 9.69. The molecule has 1 aromatic rings. The molecular weight excluding hydrogens is 244 g/mol. The van der Waals surface area contributed by atoms with Gasteiger partial charge in [-0.3, -0.25) is 14.9 Å². The minimum Gasteiger partial charge on any atom is -0.339 e. The van der Waals surface area contributed by atoms with Gasteiger partial charge in [-0.25, -0.2) is 0 Å². The van der Waals surface area contributed by atoms with E-state index >= 15 is 0 Å². The number of nitrogens with zero attached hydrogens (tertiary/aromatic N) is 1. The highest BCUT2D eigenvalue weighted by atomic mass is 35.5. The number of nitro benzene ring substituents is 1. The van der Waals surface area contributed by atoms with Gasteiger partial charge in [0.25, 0.3) is 11.6 Å². The number of halogens is 1. The van der Waals surface area contributed by atoms with Crippen LogP contribution in [-0.4, -0.2) is 16.9 Å². The number of non-ortho nitro benzene ring substituents is 1. The van der Waals surface area contributed by atoms with Gasteiger partial charge in [-0.05, 0) is 13.0 Å². The van der Waals surface area contributed by atoms with E-state index in [0.717, 1.165) is 6.07 Å². The number of hydrogen-bond acceptors (Lipinski definition) is 3. The standard InChI is InChI=1S/C11H9ClN2O3/c1-3-7(2)13-11(15)8-4-9(12)6-10(5-8)14(16)17/h1,4-7H,2H3,(H,13,15). The SMILES string of the molecule is C#CC(C)NC(=O)c1cc(Cl)cc([N+](=O)[O-])c1. The van der Waals surface area contributed by atoms with Crippen molar-refractivity contribution in [2.45, 2.75) is 13.0 Å². The first-order chi connectivity index (χ1) is 7.93. The van der Waals surface area contributed by atoms with Gasteiger partial charge in [0.2, 0.25) is 0 Å². The summed E-state index contributed by atoms with van der Waals surface area (Å²) in [4.78, 5) is 21.6. The molecule has 1 unspecified atom stereocenters. The molecule has 0 aliphatic carbocycles. The van der Waals surface area contributed by atoms with Gasteiger partial charge in [0, 0.05) is 22.7 Å². The molecule has 0 heterocycles. The van der Waals surface area contributed by atoms with Crippen LogP contribution >= 0.6 is 11.6 Å². The first-order valence-corrected chi connectivity index (χ1v) is 5.04. The number of carbonyl (C=O) groups is 1. The van der Waals surface area contributed by atoms with Crippen LogP contribution in [0, 0.1) is 22.5 Å². The summed E-state index contributed by atoms with van der Waals surface area (Å²) in [5.41, 5.74) is -0.137. The maximum atomic E-state index is 11.7. The van der Waals surface area contributed by atoms with Gasteiger partial charge in [-0.1, -0.05) is 17.5 Å². The Bertz CT molecular complexity index is 508. The first kappa shape index (κ1) is 13.0. The summed E-state index contributed by atoms with van der Waals surface area (Å²) in [5.74, 6) is 1.82. The van der Waals surface area contributed by atoms with Gasteiger partial charge in [0.05, 0.1) is 11.0 Å². The van der Waals surface area contributed by atoms with Crippen molar-refractivity contribution < 1.29 is 9.72 Å². The molecule has 1 atom stereocenters. The molecule has 0 saturated heterocycles. The van der Waals surface area contributed by atoms with Crippen LogP contribution < -0.4 is 5.32 Å². The number of amides is 1. The Morgan fingerprint density at radius 1 is 1.59 bits per heavy atom. The lowest BCUT2D eigenvalue weighted by Crippen LogP contribution is -2.31. The van der Waals surface area contributed by atoms with Crippen molar-refractivity contribution in [3.8, 4) is 12.3 Å². The highest BCUT2D eigenvalue weighted by Crippen LogP contribution is 2.20. The lowest BCUT2D eigenvalue weighted by Gasteiger charge is -2.07. The first-order valence-electron chi connectivity index (χ1n) is 4.66. The fourth-order valence-electron chi connectivity index (χ4n) is 1.13. The van der Waals surface area contributed by atoms with Crippen molar-refractivity contribution in [2.75, 3.05) is 0 Å². The molecule has 0 aromatic heterocycles. The van der Waals surface area contributed by atoms with E-state index < -0.39 is 16.9 Å². The third-order valence-corrected chi connectivity index (χ3v) is 2.17. The molecule has 0 spiro atoms. The summed E-state index contributed by atoms with van der Waals surface area (Å²) in [6.45, 7) is 1.62. The van der Waals surface area contributed by atoms with E-state index in [-0.39, 0.29) is 16.3 Å². The highest BCUT2D eigenvalue weighted by Gasteiger charge is 2.14. The van der Waals surface area contributed by atoms with Crippen LogP contribution in [0.3, 0.4) is 0 Å². The van der Waals surface area contributed by atoms with Crippen molar-refractivity contribution in [3.05, 3.63) is 38.9 Å². The van der Waals surface area contributed by atoms with E-state index in [1.54, 1.807) is 6.92 Å². The zero-order chi connectivity index (χ0) is 13.0. The second kappa shape index (κ2) is 5.32. The van der Waals surface area contributed by atoms with E-state index in [0.29, 0.717) is 0 Å². The quantitative estimate of drug-likeness (QED) is 0.508. The summed E-state index contributed by atoms with van der Waals surface area (Å²) < 4.78 is 0. The van der Waals surface area contributed by atoms with Crippen molar-refractivity contribution in [2.24, 2.45) is 0 Å². The molecule has 0 fully saturated rings. The molecule has 6 heteroatoms. The van der Waals surface area contributed by atoms with Gasteiger partial charge >= 0.3 is 0 Å². The Balaban J connectivity index is 3.02. The maximum absolute atomic E-state index is 11.7. The molecular formula is C11H9ClN2O3. The normalized spacial score (nSPS) is 11.4. The Labute approximate surface area is 103 Å². The van der Waals surface area contributed by atoms with E-state index in [2.05, 4.69) is 11.2 Å². The molecule has 1 rings (SSSR count). The van der Waals surface area contributed by atoms with Gasteiger partial charge in [0.15, 0.2) is 0 Å². The number of nitrogens with one attached hydrogen (secondary N) is 1. The molecule has 0 aliphatic rings. The van der Waals surface area contributed by atoms with Crippen molar-refractivity contribution in [3.63, 3.8) is 0 Å². The number of terminal acetylenes is 1. The van der Waals surface area contributed by atoms with Crippen LogP contribution in [0.25, 0.3) is 0 Å². The lowest BCUT2D eigenvalue weighted by molar-refractivity contribution is -0.384. The topological polar surface area (TPSA) is 72.2 Å². The largest absolute Gasteiger partial charge is 0.339 e. The third kappa shape index (κ3) is 3.47. The fourth-order valence-corrected chi connectivity index (χ4v) is 1.36. The number of rotatable bonds is 3. The average molecular weight is 253 g/mol. The van der Waals surface area contributed by atoms with Crippen LogP contribution in [0.5, 0.6) is 0 Å². The van der Waals surface area contributed by atoms with Crippen LogP contribution in [0.15, 0.2) is 18.2 Å². The van der Waals surface area contributed by atoms with E-state index in [9.17, 15) is 14.9 Å². The lowest BCUT2D eigenvalue weighted by atomic mass is 10.2. The smallest absolute Gasteiger partial charge is 0.271 e. The van der Waals surface area contributed by atoms with E-state index in [4.69, 9.17) is 18.0 Å². The third-order valence-electron chi connectivity index (χ3n) is 1.95. The molecule has 0 bridgehead atoms. The predicted octanol–water partition coefficient (Wildman–Crippen LogP) is 2.00. The van der Waals surface area contributed by atoms with Crippen LogP contribution in [0.2, 0.25) is 5.02 Å². The van der Waals surface area contributed by atoms with Crippen molar-refractivity contribution in [1.29, 1.82) is 0 Å². The summed E-state index contributed by atoms with van der Waals surface area (Å²) >= 11 is 5.68. The molecule has 88 valence electrons. The highest BCUT2D eigenvalue weighted by molar-refractivity contribution is 6.31. The summed E-state index contributed by atoms with van der Waals surface area (Å²) in [6.07, 6.45) is 5.11. The fraction of sp³-hybridized carbons (Fsp3) is 0.182.